The van der Waals surface area contributed by atoms with Crippen molar-refractivity contribution in [3.8, 4) is 11.5 Å². The second-order valence-corrected chi connectivity index (χ2v) is 8.05. The van der Waals surface area contributed by atoms with E-state index >= 15 is 0 Å². The number of benzene rings is 1. The Kier molecular flexibility index (Phi) is 6.53. The summed E-state index contributed by atoms with van der Waals surface area (Å²) in [5.74, 6) is 1.67. The van der Waals surface area contributed by atoms with Gasteiger partial charge in [0.05, 0.1) is 5.56 Å². The van der Waals surface area contributed by atoms with Gasteiger partial charge in [0.1, 0.15) is 23.4 Å². The highest BCUT2D eigenvalue weighted by Crippen LogP contribution is 2.20. The van der Waals surface area contributed by atoms with Gasteiger partial charge in [-0.15, -0.1) is 0 Å². The maximum absolute atomic E-state index is 12.5. The van der Waals surface area contributed by atoms with E-state index in [0.717, 1.165) is 18.7 Å². The molecule has 3 aromatic heterocycles. The summed E-state index contributed by atoms with van der Waals surface area (Å²) < 4.78 is 5.55. The van der Waals surface area contributed by atoms with Gasteiger partial charge < -0.3 is 20.7 Å². The van der Waals surface area contributed by atoms with Gasteiger partial charge in [-0.3, -0.25) is 0 Å². The Hall–Kier alpha value is -4.44. The van der Waals surface area contributed by atoms with Crippen LogP contribution < -0.4 is 16.0 Å². The number of ether oxygens (including phenoxy) is 1. The summed E-state index contributed by atoms with van der Waals surface area (Å²) in [7, 11) is 0. The molecule has 0 unspecified atom stereocenters. The van der Waals surface area contributed by atoms with E-state index in [2.05, 4.69) is 40.9 Å². The smallest absolute Gasteiger partial charge is 0.338 e. The molecule has 1 aliphatic heterocycles. The van der Waals surface area contributed by atoms with Crippen LogP contribution in [0.1, 0.15) is 22.5 Å². The Bertz CT molecular complexity index is 1340. The zero-order valence-corrected chi connectivity index (χ0v) is 19.1. The molecule has 4 aromatic rings. The minimum Gasteiger partial charge on any atom is -0.457 e. The highest BCUT2D eigenvalue weighted by molar-refractivity contribution is 5.90. The zero-order chi connectivity index (χ0) is 24.0. The predicted molar refractivity (Wildman–Crippen MR) is 132 cm³/mol. The predicted octanol–water partition coefficient (Wildman–Crippen LogP) is 3.64. The number of hydrogen-bond donors (Lipinski definition) is 3. The number of nitrogens with one attached hydrogen (secondary N) is 3. The van der Waals surface area contributed by atoms with Gasteiger partial charge in [0.15, 0.2) is 5.82 Å². The SMILES string of the molecule is Cc1cccc(-c2nccc(Nc3ccnc(Nc4cccc(C(=O)O[C@H]5CCNC5)c4)n3)n2)n1. The van der Waals surface area contributed by atoms with Crippen molar-refractivity contribution in [3.05, 3.63) is 78.2 Å². The van der Waals surface area contributed by atoms with Crippen LogP contribution in [0.3, 0.4) is 0 Å². The third kappa shape index (κ3) is 5.74. The number of carbonyl (C=O) groups excluding carboxylic acids is 1. The van der Waals surface area contributed by atoms with Crippen molar-refractivity contribution < 1.29 is 9.53 Å². The van der Waals surface area contributed by atoms with E-state index in [-0.39, 0.29) is 12.1 Å². The fourth-order valence-electron chi connectivity index (χ4n) is 3.64. The average Bonchev–Trinajstić information content (AvgIpc) is 3.38. The molecule has 1 saturated heterocycles. The number of hydrogen-bond acceptors (Lipinski definition) is 10. The largest absolute Gasteiger partial charge is 0.457 e. The number of pyridine rings is 1. The van der Waals surface area contributed by atoms with Crippen molar-refractivity contribution in [2.75, 3.05) is 23.7 Å². The number of aryl methyl sites for hydroxylation is 1. The Morgan fingerprint density at radius 3 is 2.63 bits per heavy atom. The molecule has 1 aliphatic rings. The summed E-state index contributed by atoms with van der Waals surface area (Å²) in [5, 5.41) is 9.50. The van der Waals surface area contributed by atoms with Crippen LogP contribution >= 0.6 is 0 Å². The van der Waals surface area contributed by atoms with Crippen molar-refractivity contribution in [2.24, 2.45) is 0 Å². The molecule has 0 amide bonds. The minimum atomic E-state index is -0.346. The first-order chi connectivity index (χ1) is 17.1. The van der Waals surface area contributed by atoms with Gasteiger partial charge in [-0.05, 0) is 62.4 Å². The molecule has 10 nitrogen and oxygen atoms in total. The van der Waals surface area contributed by atoms with Crippen LogP contribution in [0.15, 0.2) is 67.0 Å². The lowest BCUT2D eigenvalue weighted by atomic mass is 10.2. The first kappa shape index (κ1) is 22.4. The highest BCUT2D eigenvalue weighted by atomic mass is 16.5. The van der Waals surface area contributed by atoms with Gasteiger partial charge >= 0.3 is 5.97 Å². The maximum atomic E-state index is 12.5. The fraction of sp³-hybridized carbons (Fsp3) is 0.200. The molecule has 176 valence electrons. The van der Waals surface area contributed by atoms with Crippen LogP contribution in [0.2, 0.25) is 0 Å². The highest BCUT2D eigenvalue weighted by Gasteiger charge is 2.20. The lowest BCUT2D eigenvalue weighted by Crippen LogP contribution is -2.20. The van der Waals surface area contributed by atoms with Crippen molar-refractivity contribution in [3.63, 3.8) is 0 Å². The number of nitrogens with zero attached hydrogens (tertiary/aromatic N) is 5. The van der Waals surface area contributed by atoms with Gasteiger partial charge in [-0.25, -0.2) is 24.7 Å². The number of rotatable bonds is 7. The molecule has 0 aliphatic carbocycles. The molecule has 4 heterocycles. The van der Waals surface area contributed by atoms with Gasteiger partial charge in [-0.1, -0.05) is 12.1 Å². The molecule has 5 rings (SSSR count). The molecular weight excluding hydrogens is 444 g/mol. The third-order valence-corrected chi connectivity index (χ3v) is 5.33. The molecule has 1 atom stereocenters. The van der Waals surface area contributed by atoms with E-state index < -0.39 is 0 Å². The van der Waals surface area contributed by atoms with Crippen LogP contribution in [0.4, 0.5) is 23.3 Å². The normalized spacial score (nSPS) is 14.9. The van der Waals surface area contributed by atoms with Gasteiger partial charge in [-0.2, -0.15) is 4.98 Å². The second kappa shape index (κ2) is 10.2. The lowest BCUT2D eigenvalue weighted by molar-refractivity contribution is 0.0344. The standard InChI is InChI=1S/C25H24N8O2/c1-16-4-2-7-20(29-16)23-27-12-9-21(32-23)31-22-10-13-28-25(33-22)30-18-6-3-5-17(14-18)24(34)35-19-8-11-26-15-19/h2-7,9-10,12-14,19,26H,8,11,15H2,1H3,(H2,27,28,30,31,32,33)/t19-/m0/s1. The lowest BCUT2D eigenvalue weighted by Gasteiger charge is -2.12. The van der Waals surface area contributed by atoms with E-state index in [9.17, 15) is 4.79 Å². The summed E-state index contributed by atoms with van der Waals surface area (Å²) in [6.07, 6.45) is 4.04. The Balaban J connectivity index is 1.28. The Morgan fingerprint density at radius 1 is 0.971 bits per heavy atom. The maximum Gasteiger partial charge on any atom is 0.338 e. The van der Waals surface area contributed by atoms with Crippen LogP contribution in [0.5, 0.6) is 0 Å². The third-order valence-electron chi connectivity index (χ3n) is 5.33. The molecule has 10 heteroatoms. The van der Waals surface area contributed by atoms with E-state index in [1.54, 1.807) is 42.7 Å². The van der Waals surface area contributed by atoms with E-state index in [0.29, 0.717) is 46.9 Å². The first-order valence-electron chi connectivity index (χ1n) is 11.3. The molecule has 1 aromatic carbocycles. The van der Waals surface area contributed by atoms with Gasteiger partial charge in [0, 0.05) is 30.3 Å². The molecule has 0 radical (unpaired) electrons. The summed E-state index contributed by atoms with van der Waals surface area (Å²) >= 11 is 0. The first-order valence-corrected chi connectivity index (χ1v) is 11.3. The molecule has 3 N–H and O–H groups in total. The van der Waals surface area contributed by atoms with Crippen molar-refractivity contribution in [1.29, 1.82) is 0 Å². The average molecular weight is 469 g/mol. The Morgan fingerprint density at radius 2 is 1.80 bits per heavy atom. The molecule has 0 saturated carbocycles. The van der Waals surface area contributed by atoms with E-state index in [4.69, 9.17) is 4.74 Å². The van der Waals surface area contributed by atoms with E-state index in [1.165, 1.54) is 0 Å². The number of aromatic nitrogens is 5. The summed E-state index contributed by atoms with van der Waals surface area (Å²) in [6.45, 7) is 3.47. The minimum absolute atomic E-state index is 0.0887. The molecular formula is C25H24N8O2. The fourth-order valence-corrected chi connectivity index (χ4v) is 3.64. The molecule has 0 spiro atoms. The monoisotopic (exact) mass is 468 g/mol. The summed E-state index contributed by atoms with van der Waals surface area (Å²) in [4.78, 5) is 34.6. The van der Waals surface area contributed by atoms with Crippen LogP contribution in [0, 0.1) is 6.92 Å². The summed E-state index contributed by atoms with van der Waals surface area (Å²) in [5.41, 5.74) is 2.73. The van der Waals surface area contributed by atoms with Crippen molar-refractivity contribution >= 4 is 29.2 Å². The number of esters is 1. The van der Waals surface area contributed by atoms with Crippen LogP contribution in [0.25, 0.3) is 11.5 Å². The molecule has 1 fully saturated rings. The number of anilines is 4. The zero-order valence-electron chi connectivity index (χ0n) is 19.1. The van der Waals surface area contributed by atoms with Crippen molar-refractivity contribution in [1.82, 2.24) is 30.2 Å². The van der Waals surface area contributed by atoms with Crippen LogP contribution in [-0.2, 0) is 4.74 Å². The summed E-state index contributed by atoms with van der Waals surface area (Å²) in [6, 6.07) is 16.3. The topological polar surface area (TPSA) is 127 Å². The molecule has 0 bridgehead atoms. The van der Waals surface area contributed by atoms with Gasteiger partial charge in [0.2, 0.25) is 5.95 Å². The number of carbonyl (C=O) groups is 1. The second-order valence-electron chi connectivity index (χ2n) is 8.05. The van der Waals surface area contributed by atoms with Gasteiger partial charge in [0.25, 0.3) is 0 Å². The Labute approximate surface area is 202 Å². The van der Waals surface area contributed by atoms with Crippen LogP contribution in [-0.4, -0.2) is 50.1 Å². The van der Waals surface area contributed by atoms with Crippen molar-refractivity contribution in [2.45, 2.75) is 19.4 Å². The molecule has 35 heavy (non-hydrogen) atoms. The quantitative estimate of drug-likeness (QED) is 0.346. The van der Waals surface area contributed by atoms with E-state index in [1.807, 2.05) is 31.2 Å².